The molecule has 6 rings (SSSR count). The highest BCUT2D eigenvalue weighted by Crippen LogP contribution is 2.53. The number of hydrogen-bond donors (Lipinski definition) is 5. The number of benzene rings is 3. The van der Waals surface area contributed by atoms with E-state index in [4.69, 9.17) is 18.9 Å². The van der Waals surface area contributed by atoms with Crippen LogP contribution >= 0.6 is 0 Å². The van der Waals surface area contributed by atoms with E-state index in [0.29, 0.717) is 18.9 Å². The van der Waals surface area contributed by atoms with Gasteiger partial charge in [-0.15, -0.1) is 0 Å². The van der Waals surface area contributed by atoms with Crippen LogP contribution in [-0.4, -0.2) is 57.5 Å². The molecule has 1 aliphatic carbocycles. The fourth-order valence-electron chi connectivity index (χ4n) is 6.48. The van der Waals surface area contributed by atoms with E-state index in [1.165, 1.54) is 17.6 Å². The van der Waals surface area contributed by atoms with E-state index in [9.17, 15) is 10.2 Å². The Kier molecular flexibility index (Phi) is 7.66. The highest BCUT2D eigenvalue weighted by molar-refractivity contribution is 5.83. The van der Waals surface area contributed by atoms with Gasteiger partial charge in [0.2, 0.25) is 0 Å². The molecule has 2 heterocycles. The molecule has 9 heteroatoms. The van der Waals surface area contributed by atoms with Gasteiger partial charge in [0.15, 0.2) is 24.3 Å². The first-order valence-electron chi connectivity index (χ1n) is 14.1. The average molecular weight is 561 g/mol. The van der Waals surface area contributed by atoms with Crippen molar-refractivity contribution in [3.05, 3.63) is 77.1 Å². The molecule has 5 N–H and O–H groups in total. The van der Waals surface area contributed by atoms with Gasteiger partial charge in [0.25, 0.3) is 0 Å². The first kappa shape index (κ1) is 27.3. The van der Waals surface area contributed by atoms with Gasteiger partial charge >= 0.3 is 0 Å². The van der Waals surface area contributed by atoms with Crippen molar-refractivity contribution in [3.8, 4) is 39.9 Å². The molecule has 4 atom stereocenters. The van der Waals surface area contributed by atoms with Crippen LogP contribution in [-0.2, 0) is 17.6 Å². The van der Waals surface area contributed by atoms with E-state index >= 15 is 0 Å². The Bertz CT molecular complexity index is 1460. The Morgan fingerprint density at radius 2 is 1.90 bits per heavy atom. The number of quaternary nitrogens is 1. The SMILES string of the molecule is CNCO[C@@H]1Cc2c(cc(OC)c3c2[C@@H](CC[NH+]2C=CNC2)Cc2cc(O)ccc2-3)O[C@@H]1c1ccc(O)c(OC)c1. The minimum absolute atomic E-state index is 0.0774. The van der Waals surface area contributed by atoms with Crippen molar-refractivity contribution in [1.82, 2.24) is 10.6 Å². The minimum atomic E-state index is -0.412. The number of rotatable bonds is 9. The number of methoxy groups -OCH3 is 2. The van der Waals surface area contributed by atoms with Crippen molar-refractivity contribution in [2.45, 2.75) is 37.4 Å². The summed E-state index contributed by atoms with van der Waals surface area (Å²) in [4.78, 5) is 1.39. The predicted molar refractivity (Wildman–Crippen MR) is 155 cm³/mol. The average Bonchev–Trinajstić information content (AvgIpc) is 3.51. The molecule has 41 heavy (non-hydrogen) atoms. The monoisotopic (exact) mass is 560 g/mol. The third kappa shape index (κ3) is 5.16. The van der Waals surface area contributed by atoms with Crippen LogP contribution in [0.25, 0.3) is 11.1 Å². The van der Waals surface area contributed by atoms with E-state index in [2.05, 4.69) is 16.8 Å². The standard InChI is InChI=1S/C32H37N3O6/c1-33-18-40-29-15-24-26(41-32(29)20-4-7-25(37)27(14-20)38-2)16-28(39-3)31-23-6-5-22(36)13-21(23)12-19(30(24)31)8-10-35-11-9-34-17-35/h4-7,9,11,13-14,16,19,29,32-34,36-37H,8,10,12,15,17-18H2,1-3H3/p+1/t19-,29+,32+/m0/s1. The molecule has 3 aromatic rings. The zero-order chi connectivity index (χ0) is 28.5. The number of ether oxygens (including phenoxy) is 4. The van der Waals surface area contributed by atoms with E-state index in [-0.39, 0.29) is 23.5 Å². The summed E-state index contributed by atoms with van der Waals surface area (Å²) < 4.78 is 24.5. The Morgan fingerprint density at radius 3 is 2.66 bits per heavy atom. The van der Waals surface area contributed by atoms with Crippen LogP contribution in [0.15, 0.2) is 54.9 Å². The number of phenolic OH excluding ortho intramolecular Hbond substituents is 2. The van der Waals surface area contributed by atoms with Crippen molar-refractivity contribution >= 4 is 0 Å². The van der Waals surface area contributed by atoms with Gasteiger partial charge in [-0.2, -0.15) is 0 Å². The molecule has 0 fully saturated rings. The van der Waals surface area contributed by atoms with Gasteiger partial charge in [0.05, 0.1) is 33.7 Å². The molecule has 0 saturated heterocycles. The van der Waals surface area contributed by atoms with Gasteiger partial charge in [0.1, 0.15) is 29.6 Å². The molecular formula is C32H38N3O6+. The molecule has 9 nitrogen and oxygen atoms in total. The second-order valence-electron chi connectivity index (χ2n) is 10.9. The van der Waals surface area contributed by atoms with Crippen LogP contribution < -0.4 is 29.7 Å². The van der Waals surface area contributed by atoms with Gasteiger partial charge in [-0.3, -0.25) is 10.2 Å². The van der Waals surface area contributed by atoms with Gasteiger partial charge in [0, 0.05) is 30.0 Å². The van der Waals surface area contributed by atoms with Crippen LogP contribution in [0.2, 0.25) is 0 Å². The first-order valence-corrected chi connectivity index (χ1v) is 14.1. The van der Waals surface area contributed by atoms with Crippen molar-refractivity contribution < 1.29 is 34.1 Å². The quantitative estimate of drug-likeness (QED) is 0.255. The van der Waals surface area contributed by atoms with Crippen molar-refractivity contribution in [3.63, 3.8) is 0 Å². The van der Waals surface area contributed by atoms with Crippen LogP contribution in [0, 0.1) is 0 Å². The second-order valence-corrected chi connectivity index (χ2v) is 10.9. The van der Waals surface area contributed by atoms with Crippen molar-refractivity contribution in [2.24, 2.45) is 0 Å². The predicted octanol–water partition coefficient (Wildman–Crippen LogP) is 2.97. The van der Waals surface area contributed by atoms with Crippen LogP contribution in [0.4, 0.5) is 0 Å². The lowest BCUT2D eigenvalue weighted by Crippen LogP contribution is -3.07. The smallest absolute Gasteiger partial charge is 0.160 e. The van der Waals surface area contributed by atoms with Gasteiger partial charge in [-0.05, 0) is 65.9 Å². The fraction of sp³-hybridized carbons (Fsp3) is 0.375. The third-order valence-corrected chi connectivity index (χ3v) is 8.40. The Morgan fingerprint density at radius 1 is 1.05 bits per heavy atom. The zero-order valence-corrected chi connectivity index (χ0v) is 23.7. The van der Waals surface area contributed by atoms with Crippen LogP contribution in [0.3, 0.4) is 0 Å². The number of hydrogen-bond acceptors (Lipinski definition) is 8. The Balaban J connectivity index is 1.47. The summed E-state index contributed by atoms with van der Waals surface area (Å²) >= 11 is 0. The number of aromatic hydroxyl groups is 2. The summed E-state index contributed by atoms with van der Waals surface area (Å²) in [6.07, 6.45) is 5.93. The summed E-state index contributed by atoms with van der Waals surface area (Å²) in [6.45, 7) is 2.23. The normalized spacial score (nSPS) is 22.2. The Hall–Kier alpha value is -3.92. The first-order chi connectivity index (χ1) is 20.0. The van der Waals surface area contributed by atoms with Gasteiger partial charge < -0.3 is 34.5 Å². The lowest BCUT2D eigenvalue weighted by atomic mass is 9.73. The topological polar surface area (TPSA) is 106 Å². The third-order valence-electron chi connectivity index (χ3n) is 8.40. The lowest BCUT2D eigenvalue weighted by molar-refractivity contribution is -0.843. The maximum atomic E-state index is 10.3. The number of phenols is 2. The molecular weight excluding hydrogens is 522 g/mol. The molecule has 0 radical (unpaired) electrons. The lowest BCUT2D eigenvalue weighted by Gasteiger charge is -2.39. The molecule has 0 amide bonds. The minimum Gasteiger partial charge on any atom is -0.508 e. The summed E-state index contributed by atoms with van der Waals surface area (Å²) in [5, 5.41) is 26.9. The van der Waals surface area contributed by atoms with E-state index in [1.807, 2.05) is 43.6 Å². The van der Waals surface area contributed by atoms with Crippen LogP contribution in [0.5, 0.6) is 28.7 Å². The van der Waals surface area contributed by atoms with Crippen LogP contribution in [0.1, 0.15) is 40.7 Å². The van der Waals surface area contributed by atoms with Crippen molar-refractivity contribution in [1.29, 1.82) is 0 Å². The maximum absolute atomic E-state index is 10.3. The molecule has 3 aliphatic rings. The molecule has 216 valence electrons. The molecule has 0 saturated carbocycles. The van der Waals surface area contributed by atoms with Gasteiger partial charge in [-0.25, -0.2) is 0 Å². The molecule has 0 bridgehead atoms. The summed E-state index contributed by atoms with van der Waals surface area (Å²) in [5.74, 6) is 2.49. The molecule has 0 spiro atoms. The van der Waals surface area contributed by atoms with E-state index in [0.717, 1.165) is 65.4 Å². The fourth-order valence-corrected chi connectivity index (χ4v) is 6.48. The van der Waals surface area contributed by atoms with E-state index < -0.39 is 6.10 Å². The van der Waals surface area contributed by atoms with Gasteiger partial charge in [-0.1, -0.05) is 12.1 Å². The zero-order valence-electron chi connectivity index (χ0n) is 23.7. The highest BCUT2D eigenvalue weighted by Gasteiger charge is 2.39. The molecule has 0 aromatic heterocycles. The highest BCUT2D eigenvalue weighted by atomic mass is 16.6. The summed E-state index contributed by atoms with van der Waals surface area (Å²) in [7, 11) is 5.09. The second kappa shape index (κ2) is 11.5. The maximum Gasteiger partial charge on any atom is 0.160 e. The molecule has 3 aromatic carbocycles. The molecule has 2 aliphatic heterocycles. The summed E-state index contributed by atoms with van der Waals surface area (Å²) in [6, 6.07) is 12.9. The molecule has 1 unspecified atom stereocenters. The number of fused-ring (bicyclic) bond motifs is 5. The largest absolute Gasteiger partial charge is 0.508 e. The number of nitrogens with one attached hydrogen (secondary N) is 3. The summed E-state index contributed by atoms with van der Waals surface area (Å²) in [5.41, 5.74) is 6.52. The van der Waals surface area contributed by atoms with E-state index in [1.54, 1.807) is 19.2 Å². The Labute approximate surface area is 240 Å². The van der Waals surface area contributed by atoms with Crippen molar-refractivity contribution in [2.75, 3.05) is 41.2 Å².